The molecule has 1 saturated heterocycles. The van der Waals surface area contributed by atoms with Crippen LogP contribution in [0, 0.1) is 5.41 Å². The van der Waals surface area contributed by atoms with Crippen LogP contribution in [0.25, 0.3) is 0 Å². The molecule has 2 aliphatic rings. The molecule has 2 N–H and O–H groups in total. The van der Waals surface area contributed by atoms with Gasteiger partial charge in [-0.15, -0.1) is 0 Å². The van der Waals surface area contributed by atoms with Crippen LogP contribution in [0.1, 0.15) is 33.1 Å². The number of hydrogen-bond acceptors (Lipinski definition) is 3. The molecular formula is C13H25N3S. The SMILES string of the molecule is CN1CCN(CC2(CC(N)=S)CC2)CC1(C)C. The van der Waals surface area contributed by atoms with Gasteiger partial charge in [-0.1, -0.05) is 12.2 Å². The van der Waals surface area contributed by atoms with Crippen LogP contribution in [0.4, 0.5) is 0 Å². The van der Waals surface area contributed by atoms with Crippen LogP contribution in [-0.4, -0.2) is 53.6 Å². The van der Waals surface area contributed by atoms with Crippen molar-refractivity contribution in [3.8, 4) is 0 Å². The van der Waals surface area contributed by atoms with Crippen molar-refractivity contribution in [3.63, 3.8) is 0 Å². The summed E-state index contributed by atoms with van der Waals surface area (Å²) < 4.78 is 0. The first kappa shape index (κ1) is 13.2. The summed E-state index contributed by atoms with van der Waals surface area (Å²) in [6.07, 6.45) is 3.54. The fraction of sp³-hybridized carbons (Fsp3) is 0.923. The van der Waals surface area contributed by atoms with Gasteiger partial charge in [-0.2, -0.15) is 0 Å². The second kappa shape index (κ2) is 4.48. The normalized spacial score (nSPS) is 27.9. The molecular weight excluding hydrogens is 230 g/mol. The first-order valence-electron chi connectivity index (χ1n) is 6.55. The molecule has 0 radical (unpaired) electrons. The van der Waals surface area contributed by atoms with E-state index < -0.39 is 0 Å². The molecule has 0 atom stereocenters. The second-order valence-corrected chi connectivity index (χ2v) is 7.11. The summed E-state index contributed by atoms with van der Waals surface area (Å²) in [5.74, 6) is 0. The van der Waals surface area contributed by atoms with E-state index in [2.05, 4.69) is 30.7 Å². The standard InChI is InChI=1S/C13H25N3S/c1-12(2)9-16(7-6-15(12)3)10-13(4-5-13)8-11(14)17/h4-10H2,1-3H3,(H2,14,17). The molecule has 1 saturated carbocycles. The topological polar surface area (TPSA) is 32.5 Å². The van der Waals surface area contributed by atoms with Crippen LogP contribution in [0.3, 0.4) is 0 Å². The summed E-state index contributed by atoms with van der Waals surface area (Å²) in [5, 5.41) is 0. The van der Waals surface area contributed by atoms with Crippen molar-refractivity contribution in [2.45, 2.75) is 38.6 Å². The predicted octanol–water partition coefficient (Wildman–Crippen LogP) is 1.47. The highest BCUT2D eigenvalue weighted by molar-refractivity contribution is 7.80. The molecule has 0 amide bonds. The molecule has 0 aromatic heterocycles. The van der Waals surface area contributed by atoms with E-state index in [1.165, 1.54) is 25.9 Å². The quantitative estimate of drug-likeness (QED) is 0.771. The minimum absolute atomic E-state index is 0.289. The van der Waals surface area contributed by atoms with Gasteiger partial charge in [0.1, 0.15) is 0 Å². The summed E-state index contributed by atoms with van der Waals surface area (Å²) in [6, 6.07) is 0. The number of nitrogens with two attached hydrogens (primary N) is 1. The Morgan fingerprint density at radius 1 is 1.29 bits per heavy atom. The molecule has 1 aliphatic heterocycles. The van der Waals surface area contributed by atoms with Gasteiger partial charge in [0.15, 0.2) is 0 Å². The van der Waals surface area contributed by atoms with E-state index >= 15 is 0 Å². The van der Waals surface area contributed by atoms with Gasteiger partial charge in [0.2, 0.25) is 0 Å². The average Bonchev–Trinajstić information content (AvgIpc) is 2.90. The smallest absolute Gasteiger partial charge is 0.0733 e. The van der Waals surface area contributed by atoms with Gasteiger partial charge < -0.3 is 5.73 Å². The summed E-state index contributed by atoms with van der Waals surface area (Å²) in [4.78, 5) is 5.75. The maximum absolute atomic E-state index is 5.70. The van der Waals surface area contributed by atoms with Gasteiger partial charge in [0.25, 0.3) is 0 Å². The number of piperazine rings is 1. The fourth-order valence-electron chi connectivity index (χ4n) is 2.89. The highest BCUT2D eigenvalue weighted by atomic mass is 32.1. The van der Waals surface area contributed by atoms with E-state index in [1.54, 1.807) is 0 Å². The average molecular weight is 255 g/mol. The van der Waals surface area contributed by atoms with Crippen LogP contribution in [-0.2, 0) is 0 Å². The minimum Gasteiger partial charge on any atom is -0.393 e. The lowest BCUT2D eigenvalue weighted by Crippen LogP contribution is -2.58. The third-order valence-corrected chi connectivity index (χ3v) is 4.61. The Labute approximate surface area is 110 Å². The number of nitrogens with zero attached hydrogens (tertiary/aromatic N) is 2. The lowest BCUT2D eigenvalue weighted by atomic mass is 9.96. The fourth-order valence-corrected chi connectivity index (χ4v) is 3.19. The van der Waals surface area contributed by atoms with Gasteiger partial charge in [-0.3, -0.25) is 9.80 Å². The zero-order valence-corrected chi connectivity index (χ0v) is 12.1. The van der Waals surface area contributed by atoms with Crippen LogP contribution in [0.15, 0.2) is 0 Å². The Morgan fingerprint density at radius 3 is 2.41 bits per heavy atom. The Balaban J connectivity index is 1.90. The third-order valence-electron chi connectivity index (χ3n) is 4.46. The van der Waals surface area contributed by atoms with Crippen LogP contribution < -0.4 is 5.73 Å². The third kappa shape index (κ3) is 3.18. The molecule has 17 heavy (non-hydrogen) atoms. The van der Waals surface area contributed by atoms with Crippen molar-refractivity contribution in [1.82, 2.24) is 9.80 Å². The lowest BCUT2D eigenvalue weighted by molar-refractivity contribution is 0.0302. The Hall–Kier alpha value is -0.190. The Kier molecular flexibility index (Phi) is 3.49. The lowest BCUT2D eigenvalue weighted by Gasteiger charge is -2.46. The molecule has 98 valence electrons. The minimum atomic E-state index is 0.289. The summed E-state index contributed by atoms with van der Waals surface area (Å²) in [6.45, 7) is 9.33. The van der Waals surface area contributed by atoms with Gasteiger partial charge in [0, 0.05) is 38.1 Å². The summed E-state index contributed by atoms with van der Waals surface area (Å²) in [7, 11) is 2.22. The van der Waals surface area contributed by atoms with Crippen LogP contribution in [0.5, 0.6) is 0 Å². The summed E-state index contributed by atoms with van der Waals surface area (Å²) in [5.41, 5.74) is 6.42. The number of thiocarbonyl (C=S) groups is 1. The number of hydrogen-bond donors (Lipinski definition) is 1. The van der Waals surface area contributed by atoms with Crippen molar-refractivity contribution in [3.05, 3.63) is 0 Å². The molecule has 2 rings (SSSR count). The Bertz CT molecular complexity index is 310. The first-order chi connectivity index (χ1) is 7.83. The molecule has 1 heterocycles. The molecule has 4 heteroatoms. The van der Waals surface area contributed by atoms with Crippen LogP contribution >= 0.6 is 12.2 Å². The maximum atomic E-state index is 5.70. The predicted molar refractivity (Wildman–Crippen MR) is 76.2 cm³/mol. The Morgan fingerprint density at radius 2 is 1.94 bits per heavy atom. The van der Waals surface area contributed by atoms with Gasteiger partial charge in [0.05, 0.1) is 4.99 Å². The molecule has 0 aromatic rings. The van der Waals surface area contributed by atoms with Crippen LogP contribution in [0.2, 0.25) is 0 Å². The van der Waals surface area contributed by atoms with E-state index in [0.717, 1.165) is 19.5 Å². The zero-order chi connectivity index (χ0) is 12.7. The molecule has 1 aliphatic carbocycles. The van der Waals surface area contributed by atoms with E-state index in [0.29, 0.717) is 10.4 Å². The number of likely N-dealkylation sites (N-methyl/N-ethyl adjacent to an activating group) is 1. The van der Waals surface area contributed by atoms with Crippen molar-refractivity contribution in [2.24, 2.45) is 11.1 Å². The highest BCUT2D eigenvalue weighted by Gasteiger charge is 2.45. The molecule has 0 spiro atoms. The largest absolute Gasteiger partial charge is 0.393 e. The van der Waals surface area contributed by atoms with E-state index in [4.69, 9.17) is 18.0 Å². The second-order valence-electron chi connectivity index (χ2n) is 6.59. The van der Waals surface area contributed by atoms with E-state index in [-0.39, 0.29) is 5.54 Å². The summed E-state index contributed by atoms with van der Waals surface area (Å²) >= 11 is 5.07. The monoisotopic (exact) mass is 255 g/mol. The van der Waals surface area contributed by atoms with E-state index in [1.807, 2.05) is 0 Å². The highest BCUT2D eigenvalue weighted by Crippen LogP contribution is 2.49. The molecule has 3 nitrogen and oxygen atoms in total. The van der Waals surface area contributed by atoms with Crippen molar-refractivity contribution in [1.29, 1.82) is 0 Å². The molecule has 0 aromatic carbocycles. The molecule has 2 fully saturated rings. The van der Waals surface area contributed by atoms with Crippen molar-refractivity contribution >= 4 is 17.2 Å². The van der Waals surface area contributed by atoms with E-state index in [9.17, 15) is 0 Å². The number of rotatable bonds is 4. The van der Waals surface area contributed by atoms with Crippen molar-refractivity contribution in [2.75, 3.05) is 33.2 Å². The van der Waals surface area contributed by atoms with Crippen molar-refractivity contribution < 1.29 is 0 Å². The molecule has 0 bridgehead atoms. The van der Waals surface area contributed by atoms with Gasteiger partial charge in [-0.05, 0) is 39.2 Å². The maximum Gasteiger partial charge on any atom is 0.0733 e. The van der Waals surface area contributed by atoms with Gasteiger partial charge >= 0.3 is 0 Å². The first-order valence-corrected chi connectivity index (χ1v) is 6.96. The zero-order valence-electron chi connectivity index (χ0n) is 11.3. The molecule has 0 unspecified atom stereocenters. The van der Waals surface area contributed by atoms with Gasteiger partial charge in [-0.25, -0.2) is 0 Å².